The second kappa shape index (κ2) is 15.1. The van der Waals surface area contributed by atoms with Gasteiger partial charge in [-0.3, -0.25) is 9.78 Å². The highest BCUT2D eigenvalue weighted by Crippen LogP contribution is 2.38. The second-order valence-corrected chi connectivity index (χ2v) is 13.8. The number of benzene rings is 1. The Morgan fingerprint density at radius 2 is 1.96 bits per heavy atom. The van der Waals surface area contributed by atoms with Gasteiger partial charge < -0.3 is 15.0 Å². The summed E-state index contributed by atoms with van der Waals surface area (Å²) < 4.78 is 36.3. The monoisotopic (exact) mass is 656 g/mol. The topological polar surface area (TPSA) is 93.1 Å². The molecule has 1 fully saturated rings. The van der Waals surface area contributed by atoms with E-state index in [4.69, 9.17) is 4.74 Å². The number of halogens is 2. The number of ether oxygens (including phenoxy) is 1. The summed E-state index contributed by atoms with van der Waals surface area (Å²) in [5.74, 6) is -0.340. The van der Waals surface area contributed by atoms with Crippen LogP contribution in [0.4, 0.5) is 8.78 Å². The largest absolute Gasteiger partial charge is 0.385 e. The maximum Gasteiger partial charge on any atom is 0.251 e. The minimum atomic E-state index is -1.32. The first kappa shape index (κ1) is 34.0. The molecule has 0 bridgehead atoms. The van der Waals surface area contributed by atoms with Crippen molar-refractivity contribution >= 4 is 16.8 Å². The number of aromatic nitrogens is 4. The average Bonchev–Trinajstić information content (AvgIpc) is 3.10. The standard InChI is InChI=1S/C38H46F2N6O2/c1-25(2)38(40)13-8-34-31(22-38)20-29-19-30(21-32(39)36(29)44-34)37(47)45-35(12-17-46-15-10-26(11-16-46)5-4-18-48-3)27-6-7-33(41-23-27)28-9-14-42-43-24-28/h6-7,9,14,19-21,23-26,35H,4-5,8,10-13,15-18,22H2,1-3H3,(H,45,47)/t35-,38+/m1/s1. The van der Waals surface area contributed by atoms with E-state index in [-0.39, 0.29) is 35.4 Å². The molecule has 10 heteroatoms. The summed E-state index contributed by atoms with van der Waals surface area (Å²) >= 11 is 0. The van der Waals surface area contributed by atoms with Gasteiger partial charge in [0.15, 0.2) is 0 Å². The lowest BCUT2D eigenvalue weighted by Gasteiger charge is -2.34. The number of fused-ring (bicyclic) bond motifs is 2. The molecule has 0 spiro atoms. The van der Waals surface area contributed by atoms with E-state index in [0.717, 1.165) is 79.5 Å². The minimum absolute atomic E-state index is 0.135. The summed E-state index contributed by atoms with van der Waals surface area (Å²) in [6.07, 6.45) is 11.4. The number of pyridine rings is 2. The molecule has 1 amide bonds. The number of likely N-dealkylation sites (tertiary alicyclic amines) is 1. The van der Waals surface area contributed by atoms with Crippen LogP contribution in [-0.2, 0) is 17.6 Å². The first-order chi connectivity index (χ1) is 23.2. The molecule has 4 heterocycles. The summed E-state index contributed by atoms with van der Waals surface area (Å²) in [5, 5.41) is 11.5. The van der Waals surface area contributed by atoms with Crippen molar-refractivity contribution in [3.05, 3.63) is 83.2 Å². The van der Waals surface area contributed by atoms with Crippen molar-refractivity contribution in [2.75, 3.05) is 33.4 Å². The van der Waals surface area contributed by atoms with E-state index in [1.54, 1.807) is 31.8 Å². The third-order valence-electron chi connectivity index (χ3n) is 10.4. The highest BCUT2D eigenvalue weighted by atomic mass is 19.1. The lowest BCUT2D eigenvalue weighted by atomic mass is 9.77. The molecule has 1 N–H and O–H groups in total. The SMILES string of the molecule is COCCCC1CCN(CC[C@@H](NC(=O)c2cc(F)c3nc4c(cc3c2)C[C@](F)(C(C)C)CC4)c2ccc(-c3ccnnc3)nc2)CC1. The van der Waals surface area contributed by atoms with Crippen LogP contribution in [0.25, 0.3) is 22.2 Å². The van der Waals surface area contributed by atoms with Crippen LogP contribution < -0.4 is 5.32 Å². The normalized spacial score (nSPS) is 19.4. The minimum Gasteiger partial charge on any atom is -0.385 e. The Labute approximate surface area is 281 Å². The van der Waals surface area contributed by atoms with Crippen LogP contribution >= 0.6 is 0 Å². The van der Waals surface area contributed by atoms with Gasteiger partial charge in [-0.2, -0.15) is 10.2 Å². The number of nitrogens with zero attached hydrogens (tertiary/aromatic N) is 5. The van der Waals surface area contributed by atoms with Gasteiger partial charge in [0.25, 0.3) is 5.91 Å². The maximum absolute atomic E-state index is 15.6. The number of piperidine rings is 1. The summed E-state index contributed by atoms with van der Waals surface area (Å²) in [4.78, 5) is 25.5. The molecule has 0 unspecified atom stereocenters. The molecule has 48 heavy (non-hydrogen) atoms. The molecule has 8 nitrogen and oxygen atoms in total. The van der Waals surface area contributed by atoms with E-state index >= 15 is 8.78 Å². The van der Waals surface area contributed by atoms with Crippen LogP contribution in [0.15, 0.2) is 55.0 Å². The molecule has 6 rings (SSSR count). The van der Waals surface area contributed by atoms with Gasteiger partial charge >= 0.3 is 0 Å². The highest BCUT2D eigenvalue weighted by molar-refractivity contribution is 5.98. The zero-order valence-electron chi connectivity index (χ0n) is 28.2. The molecule has 254 valence electrons. The fraction of sp³-hybridized carbons (Fsp3) is 0.500. The smallest absolute Gasteiger partial charge is 0.251 e. The van der Waals surface area contributed by atoms with Crippen molar-refractivity contribution in [3.8, 4) is 11.3 Å². The van der Waals surface area contributed by atoms with Gasteiger partial charge in [-0.25, -0.2) is 13.8 Å². The fourth-order valence-corrected chi connectivity index (χ4v) is 7.17. The van der Waals surface area contributed by atoms with Gasteiger partial charge in [0.1, 0.15) is 17.0 Å². The third-order valence-corrected chi connectivity index (χ3v) is 10.4. The van der Waals surface area contributed by atoms with Gasteiger partial charge in [0.05, 0.1) is 24.1 Å². The summed E-state index contributed by atoms with van der Waals surface area (Å²) in [6.45, 7) is 7.45. The number of alkyl halides is 1. The summed E-state index contributed by atoms with van der Waals surface area (Å²) in [5.41, 5.74) is 3.12. The molecule has 1 aromatic carbocycles. The highest BCUT2D eigenvalue weighted by Gasteiger charge is 2.38. The van der Waals surface area contributed by atoms with Gasteiger partial charge in [-0.05, 0) is 111 Å². The zero-order valence-corrected chi connectivity index (χ0v) is 28.2. The molecular formula is C38H46F2N6O2. The van der Waals surface area contributed by atoms with Crippen LogP contribution in [0.2, 0.25) is 0 Å². The lowest BCUT2D eigenvalue weighted by molar-refractivity contribution is 0.0821. The van der Waals surface area contributed by atoms with Gasteiger partial charge in [0.2, 0.25) is 0 Å². The zero-order chi connectivity index (χ0) is 33.7. The molecule has 2 aliphatic rings. The number of nitrogens with one attached hydrogen (secondary N) is 1. The van der Waals surface area contributed by atoms with Crippen LogP contribution in [0.1, 0.15) is 85.6 Å². The fourth-order valence-electron chi connectivity index (χ4n) is 7.17. The van der Waals surface area contributed by atoms with E-state index in [0.29, 0.717) is 24.6 Å². The van der Waals surface area contributed by atoms with Crippen LogP contribution in [-0.4, -0.2) is 70.0 Å². The first-order valence-electron chi connectivity index (χ1n) is 17.3. The predicted octanol–water partition coefficient (Wildman–Crippen LogP) is 7.08. The number of hydrogen-bond donors (Lipinski definition) is 1. The van der Waals surface area contributed by atoms with Crippen molar-refractivity contribution in [3.63, 3.8) is 0 Å². The number of carbonyl (C=O) groups excluding carboxylic acids is 1. The number of hydrogen-bond acceptors (Lipinski definition) is 7. The molecule has 4 aromatic rings. The van der Waals surface area contributed by atoms with E-state index in [1.807, 2.05) is 38.1 Å². The van der Waals surface area contributed by atoms with Crippen LogP contribution in [0.3, 0.4) is 0 Å². The van der Waals surface area contributed by atoms with Gasteiger partial charge in [-0.15, -0.1) is 0 Å². The molecule has 1 saturated heterocycles. The average molecular weight is 657 g/mol. The predicted molar refractivity (Wildman–Crippen MR) is 183 cm³/mol. The van der Waals surface area contributed by atoms with Gasteiger partial charge in [-0.1, -0.05) is 19.9 Å². The lowest BCUT2D eigenvalue weighted by Crippen LogP contribution is -2.37. The Morgan fingerprint density at radius 1 is 1.12 bits per heavy atom. The molecule has 1 aliphatic heterocycles. The van der Waals surface area contributed by atoms with Crippen molar-refractivity contribution < 1.29 is 18.3 Å². The Balaban J connectivity index is 1.20. The number of carbonyl (C=O) groups is 1. The Bertz CT molecular complexity index is 1700. The number of aryl methyl sites for hydroxylation is 1. The molecule has 0 saturated carbocycles. The summed E-state index contributed by atoms with van der Waals surface area (Å²) in [7, 11) is 1.75. The molecule has 2 atom stereocenters. The van der Waals surface area contributed by atoms with Crippen molar-refractivity contribution in [2.45, 2.75) is 76.9 Å². The van der Waals surface area contributed by atoms with E-state index in [9.17, 15) is 4.79 Å². The number of rotatable bonds is 12. The van der Waals surface area contributed by atoms with E-state index in [2.05, 4.69) is 30.4 Å². The molecule has 3 aromatic heterocycles. The third kappa shape index (κ3) is 7.87. The Hall–Kier alpha value is -3.89. The summed E-state index contributed by atoms with van der Waals surface area (Å²) in [6, 6.07) is 10.2. The van der Waals surface area contributed by atoms with E-state index < -0.39 is 11.5 Å². The first-order valence-corrected chi connectivity index (χ1v) is 17.3. The van der Waals surface area contributed by atoms with Crippen LogP contribution in [0, 0.1) is 17.7 Å². The van der Waals surface area contributed by atoms with Gasteiger partial charge in [0, 0.05) is 55.1 Å². The van der Waals surface area contributed by atoms with E-state index in [1.165, 1.54) is 12.5 Å². The van der Waals surface area contributed by atoms with Crippen LogP contribution in [0.5, 0.6) is 0 Å². The Morgan fingerprint density at radius 3 is 2.67 bits per heavy atom. The van der Waals surface area contributed by atoms with Crippen molar-refractivity contribution in [2.24, 2.45) is 11.8 Å². The molecule has 1 aliphatic carbocycles. The number of amides is 1. The molecular weight excluding hydrogens is 610 g/mol. The second-order valence-electron chi connectivity index (χ2n) is 13.8. The number of methoxy groups -OCH3 is 1. The molecule has 0 radical (unpaired) electrons. The maximum atomic E-state index is 15.6. The van der Waals surface area contributed by atoms with Crippen molar-refractivity contribution in [1.29, 1.82) is 0 Å². The van der Waals surface area contributed by atoms with Crippen molar-refractivity contribution in [1.82, 2.24) is 30.4 Å². The Kier molecular flexibility index (Phi) is 10.7. The quantitative estimate of drug-likeness (QED) is 0.163.